The van der Waals surface area contributed by atoms with Gasteiger partial charge < -0.3 is 5.32 Å². The Balaban J connectivity index is 1.74. The predicted molar refractivity (Wildman–Crippen MR) is 83.8 cm³/mol. The molecule has 0 aliphatic carbocycles. The summed E-state index contributed by atoms with van der Waals surface area (Å²) >= 11 is 0. The molecule has 0 unspecified atom stereocenters. The van der Waals surface area contributed by atoms with Crippen LogP contribution < -0.4 is 5.32 Å². The minimum Gasteiger partial charge on any atom is -0.314 e. The summed E-state index contributed by atoms with van der Waals surface area (Å²) in [5.74, 6) is 0. The maximum absolute atomic E-state index is 3.41. The van der Waals surface area contributed by atoms with Crippen LogP contribution in [0.25, 0.3) is 0 Å². The van der Waals surface area contributed by atoms with Crippen molar-refractivity contribution in [1.82, 2.24) is 10.2 Å². The van der Waals surface area contributed by atoms with Crippen LogP contribution in [0.3, 0.4) is 0 Å². The van der Waals surface area contributed by atoms with Crippen LogP contribution in [0.15, 0.2) is 54.6 Å². The van der Waals surface area contributed by atoms with Gasteiger partial charge in [0.15, 0.2) is 0 Å². The zero-order valence-corrected chi connectivity index (χ0v) is 11.9. The van der Waals surface area contributed by atoms with Gasteiger partial charge in [-0.3, -0.25) is 4.90 Å². The molecule has 104 valence electrons. The van der Waals surface area contributed by atoms with Gasteiger partial charge in [0.25, 0.3) is 0 Å². The number of nitrogens with zero attached hydrogens (tertiary/aromatic N) is 1. The molecular formula is C18H22N2. The Morgan fingerprint density at radius 1 is 0.800 bits per heavy atom. The van der Waals surface area contributed by atoms with E-state index < -0.39 is 0 Å². The summed E-state index contributed by atoms with van der Waals surface area (Å²) in [5.41, 5.74) is 4.32. The van der Waals surface area contributed by atoms with Crippen molar-refractivity contribution in [2.75, 3.05) is 26.2 Å². The van der Waals surface area contributed by atoms with Crippen LogP contribution in [0.4, 0.5) is 0 Å². The van der Waals surface area contributed by atoms with Gasteiger partial charge in [-0.05, 0) is 23.1 Å². The Hall–Kier alpha value is -1.64. The second kappa shape index (κ2) is 6.69. The molecule has 1 aliphatic heterocycles. The van der Waals surface area contributed by atoms with Crippen molar-refractivity contribution in [2.45, 2.75) is 13.0 Å². The SMILES string of the molecule is c1ccc(Cc2ccccc2CN2CCNCC2)cc1. The smallest absolute Gasteiger partial charge is 0.0237 e. The van der Waals surface area contributed by atoms with E-state index in [-0.39, 0.29) is 0 Å². The van der Waals surface area contributed by atoms with E-state index in [1.807, 2.05) is 0 Å². The van der Waals surface area contributed by atoms with E-state index in [4.69, 9.17) is 0 Å². The zero-order chi connectivity index (χ0) is 13.6. The van der Waals surface area contributed by atoms with E-state index in [0.717, 1.165) is 39.1 Å². The molecule has 0 bridgehead atoms. The lowest BCUT2D eigenvalue weighted by atomic mass is 9.99. The normalized spacial score (nSPS) is 16.2. The fourth-order valence-corrected chi connectivity index (χ4v) is 2.81. The van der Waals surface area contributed by atoms with E-state index >= 15 is 0 Å². The second-order valence-corrected chi connectivity index (χ2v) is 5.46. The lowest BCUT2D eigenvalue weighted by molar-refractivity contribution is 0.232. The highest BCUT2D eigenvalue weighted by Crippen LogP contribution is 2.16. The van der Waals surface area contributed by atoms with Gasteiger partial charge in [-0.1, -0.05) is 54.6 Å². The van der Waals surface area contributed by atoms with Gasteiger partial charge in [0.1, 0.15) is 0 Å². The fourth-order valence-electron chi connectivity index (χ4n) is 2.81. The highest BCUT2D eigenvalue weighted by Gasteiger charge is 2.11. The Kier molecular flexibility index (Phi) is 4.46. The Bertz CT molecular complexity index is 530. The molecule has 0 atom stereocenters. The van der Waals surface area contributed by atoms with Crippen LogP contribution in [0, 0.1) is 0 Å². The highest BCUT2D eigenvalue weighted by molar-refractivity contribution is 5.32. The molecule has 20 heavy (non-hydrogen) atoms. The third-order valence-corrected chi connectivity index (χ3v) is 3.96. The van der Waals surface area contributed by atoms with Gasteiger partial charge in [-0.2, -0.15) is 0 Å². The van der Waals surface area contributed by atoms with Crippen molar-refractivity contribution in [1.29, 1.82) is 0 Å². The highest BCUT2D eigenvalue weighted by atomic mass is 15.2. The van der Waals surface area contributed by atoms with Crippen LogP contribution >= 0.6 is 0 Å². The standard InChI is InChI=1S/C18H22N2/c1-2-6-16(7-3-1)14-17-8-4-5-9-18(17)15-20-12-10-19-11-13-20/h1-9,19H,10-15H2. The summed E-state index contributed by atoms with van der Waals surface area (Å²) in [7, 11) is 0. The number of hydrogen-bond acceptors (Lipinski definition) is 2. The molecule has 1 N–H and O–H groups in total. The first kappa shape index (κ1) is 13.3. The predicted octanol–water partition coefficient (Wildman–Crippen LogP) is 2.68. The van der Waals surface area contributed by atoms with Crippen LogP contribution in [-0.2, 0) is 13.0 Å². The van der Waals surface area contributed by atoms with Crippen molar-refractivity contribution in [3.63, 3.8) is 0 Å². The van der Waals surface area contributed by atoms with E-state index in [0.29, 0.717) is 0 Å². The number of piperazine rings is 1. The van der Waals surface area contributed by atoms with E-state index in [1.165, 1.54) is 16.7 Å². The van der Waals surface area contributed by atoms with E-state index in [1.54, 1.807) is 0 Å². The molecule has 0 radical (unpaired) electrons. The Labute approximate surface area is 121 Å². The molecule has 2 nitrogen and oxygen atoms in total. The minimum absolute atomic E-state index is 1.03. The molecular weight excluding hydrogens is 244 g/mol. The average molecular weight is 266 g/mol. The van der Waals surface area contributed by atoms with Crippen molar-refractivity contribution >= 4 is 0 Å². The molecule has 0 aromatic heterocycles. The van der Waals surface area contributed by atoms with Gasteiger partial charge in [-0.25, -0.2) is 0 Å². The minimum atomic E-state index is 1.03. The van der Waals surface area contributed by atoms with Crippen molar-refractivity contribution in [2.24, 2.45) is 0 Å². The van der Waals surface area contributed by atoms with E-state index in [9.17, 15) is 0 Å². The quantitative estimate of drug-likeness (QED) is 0.915. The van der Waals surface area contributed by atoms with Crippen molar-refractivity contribution in [3.8, 4) is 0 Å². The summed E-state index contributed by atoms with van der Waals surface area (Å²) in [6.45, 7) is 5.60. The second-order valence-electron chi connectivity index (χ2n) is 5.46. The number of hydrogen-bond donors (Lipinski definition) is 1. The maximum atomic E-state index is 3.41. The fraction of sp³-hybridized carbons (Fsp3) is 0.333. The first-order chi connectivity index (χ1) is 9.92. The summed E-state index contributed by atoms with van der Waals surface area (Å²) < 4.78 is 0. The van der Waals surface area contributed by atoms with Gasteiger partial charge >= 0.3 is 0 Å². The van der Waals surface area contributed by atoms with Gasteiger partial charge in [0.05, 0.1) is 0 Å². The zero-order valence-electron chi connectivity index (χ0n) is 11.9. The lowest BCUT2D eigenvalue weighted by Gasteiger charge is -2.28. The molecule has 1 aliphatic rings. The molecule has 1 fully saturated rings. The van der Waals surface area contributed by atoms with Crippen LogP contribution in [0.1, 0.15) is 16.7 Å². The lowest BCUT2D eigenvalue weighted by Crippen LogP contribution is -2.43. The molecule has 3 rings (SSSR count). The molecule has 0 saturated carbocycles. The number of benzene rings is 2. The summed E-state index contributed by atoms with van der Waals surface area (Å²) in [6.07, 6.45) is 1.03. The molecule has 1 heterocycles. The molecule has 2 aromatic carbocycles. The van der Waals surface area contributed by atoms with Gasteiger partial charge in [-0.15, -0.1) is 0 Å². The Morgan fingerprint density at radius 3 is 2.20 bits per heavy atom. The van der Waals surface area contributed by atoms with Gasteiger partial charge in [0.2, 0.25) is 0 Å². The Morgan fingerprint density at radius 2 is 1.45 bits per heavy atom. The first-order valence-electron chi connectivity index (χ1n) is 7.45. The number of nitrogens with one attached hydrogen (secondary N) is 1. The molecule has 2 heteroatoms. The summed E-state index contributed by atoms with van der Waals surface area (Å²) in [6, 6.07) is 19.6. The topological polar surface area (TPSA) is 15.3 Å². The van der Waals surface area contributed by atoms with Crippen LogP contribution in [-0.4, -0.2) is 31.1 Å². The molecule has 1 saturated heterocycles. The number of rotatable bonds is 4. The van der Waals surface area contributed by atoms with Crippen LogP contribution in [0.2, 0.25) is 0 Å². The third-order valence-electron chi connectivity index (χ3n) is 3.96. The largest absolute Gasteiger partial charge is 0.314 e. The molecule has 0 amide bonds. The van der Waals surface area contributed by atoms with E-state index in [2.05, 4.69) is 64.8 Å². The average Bonchev–Trinajstić information content (AvgIpc) is 2.51. The summed E-state index contributed by atoms with van der Waals surface area (Å²) in [5, 5.41) is 3.41. The molecule has 2 aromatic rings. The van der Waals surface area contributed by atoms with Gasteiger partial charge in [0, 0.05) is 32.7 Å². The molecule has 0 spiro atoms. The monoisotopic (exact) mass is 266 g/mol. The van der Waals surface area contributed by atoms with Crippen LogP contribution in [0.5, 0.6) is 0 Å². The maximum Gasteiger partial charge on any atom is 0.0237 e. The van der Waals surface area contributed by atoms with Crippen molar-refractivity contribution in [3.05, 3.63) is 71.3 Å². The summed E-state index contributed by atoms with van der Waals surface area (Å²) in [4.78, 5) is 2.54. The third kappa shape index (κ3) is 3.47. The van der Waals surface area contributed by atoms with Crippen molar-refractivity contribution < 1.29 is 0 Å². The first-order valence-corrected chi connectivity index (χ1v) is 7.45.